The largest absolute Gasteiger partial charge is 0.497 e. The van der Waals surface area contributed by atoms with Crippen molar-refractivity contribution in [3.8, 4) is 11.8 Å². The van der Waals surface area contributed by atoms with Crippen LogP contribution in [0.25, 0.3) is 0 Å². The minimum Gasteiger partial charge on any atom is -0.497 e. The number of methoxy groups -OCH3 is 1. The number of ether oxygens (including phenoxy) is 2. The Labute approximate surface area is 179 Å². The van der Waals surface area contributed by atoms with Crippen molar-refractivity contribution in [1.82, 2.24) is 0 Å². The number of nitriles is 1. The summed E-state index contributed by atoms with van der Waals surface area (Å²) in [5, 5.41) is 9.45. The van der Waals surface area contributed by atoms with E-state index in [-0.39, 0.29) is 11.1 Å². The van der Waals surface area contributed by atoms with E-state index < -0.39 is 8.32 Å². The van der Waals surface area contributed by atoms with Gasteiger partial charge in [-0.3, -0.25) is 0 Å². The van der Waals surface area contributed by atoms with Crippen molar-refractivity contribution in [3.63, 3.8) is 0 Å². The van der Waals surface area contributed by atoms with Crippen molar-refractivity contribution in [3.05, 3.63) is 41.5 Å². The minimum absolute atomic E-state index is 0.203. The Hall–Kier alpha value is -1.61. The van der Waals surface area contributed by atoms with Crippen LogP contribution in [0.1, 0.15) is 53.0 Å². The first-order valence-corrected chi connectivity index (χ1v) is 13.4. The van der Waals surface area contributed by atoms with Gasteiger partial charge in [0.25, 0.3) is 0 Å². The third kappa shape index (κ3) is 8.34. The lowest BCUT2D eigenvalue weighted by atomic mass is 10.0. The fraction of sp³-hybridized carbons (Fsp3) is 0.625. The molecule has 0 heterocycles. The molecule has 0 unspecified atom stereocenters. The highest BCUT2D eigenvalue weighted by Crippen LogP contribution is 2.37. The molecule has 2 atom stereocenters. The number of rotatable bonds is 11. The van der Waals surface area contributed by atoms with Gasteiger partial charge in [-0.15, -0.1) is 0 Å². The fourth-order valence-corrected chi connectivity index (χ4v) is 3.71. The van der Waals surface area contributed by atoms with Crippen molar-refractivity contribution in [2.45, 2.75) is 78.3 Å². The summed E-state index contributed by atoms with van der Waals surface area (Å²) >= 11 is 0. The van der Waals surface area contributed by atoms with Crippen LogP contribution in [-0.2, 0) is 15.8 Å². The zero-order valence-electron chi connectivity index (χ0n) is 19.5. The minimum atomic E-state index is -1.77. The molecular weight excluding hydrogens is 378 g/mol. The first kappa shape index (κ1) is 25.4. The molecule has 0 aliphatic heterocycles. The molecule has 0 saturated carbocycles. The Morgan fingerprint density at radius 1 is 1.21 bits per heavy atom. The highest BCUT2D eigenvalue weighted by atomic mass is 28.4. The van der Waals surface area contributed by atoms with Crippen LogP contribution in [0.4, 0.5) is 0 Å². The van der Waals surface area contributed by atoms with Crippen LogP contribution in [0.3, 0.4) is 0 Å². The number of hydrogen-bond acceptors (Lipinski definition) is 4. The molecule has 0 aliphatic carbocycles. The Kier molecular flexibility index (Phi) is 10.1. The Morgan fingerprint density at radius 3 is 2.31 bits per heavy atom. The topological polar surface area (TPSA) is 51.5 Å². The summed E-state index contributed by atoms with van der Waals surface area (Å²) in [6.45, 7) is 16.8. The van der Waals surface area contributed by atoms with Crippen LogP contribution < -0.4 is 4.74 Å². The Morgan fingerprint density at radius 2 is 1.83 bits per heavy atom. The van der Waals surface area contributed by atoms with E-state index >= 15 is 0 Å². The lowest BCUT2D eigenvalue weighted by Crippen LogP contribution is -2.41. The van der Waals surface area contributed by atoms with Gasteiger partial charge in [0.05, 0.1) is 32.3 Å². The van der Waals surface area contributed by atoms with Gasteiger partial charge < -0.3 is 13.9 Å². The molecule has 0 aliphatic rings. The SMILES string of the molecule is CC[C@H](/C=C(/C)[C@H](CC#N)OCc1ccc(OC)cc1)CO[Si](C)(C)C(C)(C)C. The van der Waals surface area contributed by atoms with Gasteiger partial charge in [0.2, 0.25) is 0 Å². The van der Waals surface area contributed by atoms with Crippen molar-refractivity contribution in [2.75, 3.05) is 13.7 Å². The predicted molar refractivity (Wildman–Crippen MR) is 122 cm³/mol. The molecule has 162 valence electrons. The quantitative estimate of drug-likeness (QED) is 0.305. The molecule has 5 heteroatoms. The van der Waals surface area contributed by atoms with Gasteiger partial charge in [0.15, 0.2) is 8.32 Å². The second-order valence-electron chi connectivity index (χ2n) is 9.16. The summed E-state index contributed by atoms with van der Waals surface area (Å²) in [4.78, 5) is 0. The summed E-state index contributed by atoms with van der Waals surface area (Å²) in [6.07, 6.45) is 3.38. The van der Waals surface area contributed by atoms with Gasteiger partial charge >= 0.3 is 0 Å². The van der Waals surface area contributed by atoms with Crippen LogP contribution in [0.2, 0.25) is 18.1 Å². The molecule has 4 nitrogen and oxygen atoms in total. The molecule has 1 rings (SSSR count). The highest BCUT2D eigenvalue weighted by Gasteiger charge is 2.37. The molecule has 1 aromatic rings. The Bertz CT molecular complexity index is 684. The summed E-state index contributed by atoms with van der Waals surface area (Å²) in [6, 6.07) is 10.1. The average Bonchev–Trinajstić information content (AvgIpc) is 2.67. The second kappa shape index (κ2) is 11.5. The molecule has 0 fully saturated rings. The highest BCUT2D eigenvalue weighted by molar-refractivity contribution is 6.74. The Balaban J connectivity index is 2.77. The van der Waals surface area contributed by atoms with Gasteiger partial charge in [-0.1, -0.05) is 45.9 Å². The van der Waals surface area contributed by atoms with Gasteiger partial charge in [-0.25, -0.2) is 0 Å². The van der Waals surface area contributed by atoms with Crippen LogP contribution >= 0.6 is 0 Å². The van der Waals surface area contributed by atoms with E-state index in [2.05, 4.69) is 59.9 Å². The molecule has 29 heavy (non-hydrogen) atoms. The van der Waals surface area contributed by atoms with E-state index in [0.717, 1.165) is 29.9 Å². The molecular formula is C24H39NO3Si. The third-order valence-corrected chi connectivity index (χ3v) is 10.4. The molecule has 0 amide bonds. The summed E-state index contributed by atoms with van der Waals surface area (Å²) < 4.78 is 17.7. The predicted octanol–water partition coefficient (Wildman–Crippen LogP) is 6.49. The van der Waals surface area contributed by atoms with Gasteiger partial charge in [-0.2, -0.15) is 5.26 Å². The molecule has 0 radical (unpaired) electrons. The molecule has 0 bridgehead atoms. The van der Waals surface area contributed by atoms with Crippen LogP contribution in [0, 0.1) is 17.2 Å². The summed E-state index contributed by atoms with van der Waals surface area (Å²) in [7, 11) is -0.113. The number of nitrogens with zero attached hydrogens (tertiary/aromatic N) is 1. The number of benzene rings is 1. The lowest BCUT2D eigenvalue weighted by Gasteiger charge is -2.37. The maximum absolute atomic E-state index is 9.25. The monoisotopic (exact) mass is 417 g/mol. The molecule has 0 aromatic heterocycles. The first-order chi connectivity index (χ1) is 13.5. The normalized spacial score (nSPS) is 14.9. The first-order valence-electron chi connectivity index (χ1n) is 10.5. The van der Waals surface area contributed by atoms with Crippen molar-refractivity contribution >= 4 is 8.32 Å². The van der Waals surface area contributed by atoms with Crippen LogP contribution in [-0.4, -0.2) is 28.1 Å². The maximum Gasteiger partial charge on any atom is 0.192 e. The van der Waals surface area contributed by atoms with Gasteiger partial charge in [0, 0.05) is 6.61 Å². The van der Waals surface area contributed by atoms with E-state index in [0.29, 0.717) is 18.9 Å². The average molecular weight is 418 g/mol. The summed E-state index contributed by atoms with van der Waals surface area (Å²) in [5.41, 5.74) is 2.17. The molecule has 1 aromatic carbocycles. The third-order valence-electron chi connectivity index (χ3n) is 5.88. The van der Waals surface area contributed by atoms with E-state index in [1.54, 1.807) is 7.11 Å². The van der Waals surface area contributed by atoms with E-state index in [9.17, 15) is 5.26 Å². The van der Waals surface area contributed by atoms with Crippen LogP contribution in [0.5, 0.6) is 5.75 Å². The number of hydrogen-bond donors (Lipinski definition) is 0. The standard InChI is InChI=1S/C24H39NO3Si/c1-9-20(18-28-29(7,8)24(3,4)5)16-19(2)23(14-15-25)27-17-21-10-12-22(26-6)13-11-21/h10-13,16,20,23H,9,14,17-18H2,1-8H3/b19-16-/t20-,23+/m1/s1. The second-order valence-corrected chi connectivity index (χ2v) is 14.0. The molecule has 0 saturated heterocycles. The molecule has 0 N–H and O–H groups in total. The van der Waals surface area contributed by atoms with Crippen molar-refractivity contribution in [2.24, 2.45) is 5.92 Å². The lowest BCUT2D eigenvalue weighted by molar-refractivity contribution is 0.0667. The van der Waals surface area contributed by atoms with Crippen LogP contribution in [0.15, 0.2) is 35.9 Å². The van der Waals surface area contributed by atoms with E-state index in [1.165, 1.54) is 0 Å². The molecule has 0 spiro atoms. The van der Waals surface area contributed by atoms with E-state index in [4.69, 9.17) is 13.9 Å². The van der Waals surface area contributed by atoms with Crippen molar-refractivity contribution in [1.29, 1.82) is 5.26 Å². The maximum atomic E-state index is 9.25. The fourth-order valence-electron chi connectivity index (χ4n) is 2.65. The smallest absolute Gasteiger partial charge is 0.192 e. The van der Waals surface area contributed by atoms with Gasteiger partial charge in [-0.05, 0) is 60.7 Å². The zero-order valence-corrected chi connectivity index (χ0v) is 20.5. The summed E-state index contributed by atoms with van der Waals surface area (Å²) in [5.74, 6) is 1.15. The van der Waals surface area contributed by atoms with Crippen molar-refractivity contribution < 1.29 is 13.9 Å². The zero-order chi connectivity index (χ0) is 22.1. The van der Waals surface area contributed by atoms with Gasteiger partial charge in [0.1, 0.15) is 5.75 Å². The van der Waals surface area contributed by atoms with E-state index in [1.807, 2.05) is 24.3 Å².